The first-order valence-corrected chi connectivity index (χ1v) is 6.26. The average Bonchev–Trinajstić information content (AvgIpc) is 2.46. The van der Waals surface area contributed by atoms with Crippen LogP contribution in [0.5, 0.6) is 11.5 Å². The third kappa shape index (κ3) is 3.76. The zero-order valence-electron chi connectivity index (χ0n) is 10.9. The Bertz CT molecular complexity index is 552. The lowest BCUT2D eigenvalue weighted by atomic mass is 10.1. The second-order valence-electron chi connectivity index (χ2n) is 4.03. The predicted octanol–water partition coefficient (Wildman–Crippen LogP) is 4.53. The molecule has 0 amide bonds. The van der Waals surface area contributed by atoms with E-state index in [1.165, 1.54) is 0 Å². The summed E-state index contributed by atoms with van der Waals surface area (Å²) in [6.07, 6.45) is 4.03. The number of rotatable bonds is 4. The third-order valence-corrected chi connectivity index (χ3v) is 2.96. The minimum atomic E-state index is 0.736. The van der Waals surface area contributed by atoms with Crippen LogP contribution in [0.3, 0.4) is 0 Å². The quantitative estimate of drug-likeness (QED) is 0.763. The van der Waals surface area contributed by atoms with Gasteiger partial charge in [0.15, 0.2) is 0 Å². The van der Waals surface area contributed by atoms with Gasteiger partial charge < -0.3 is 9.47 Å². The van der Waals surface area contributed by atoms with Gasteiger partial charge in [0.1, 0.15) is 11.5 Å². The van der Waals surface area contributed by atoms with E-state index < -0.39 is 0 Å². The Hall–Kier alpha value is -1.93. The van der Waals surface area contributed by atoms with Crippen molar-refractivity contribution >= 4 is 23.8 Å². The summed E-state index contributed by atoms with van der Waals surface area (Å²) in [5.41, 5.74) is 2.11. The lowest BCUT2D eigenvalue weighted by Gasteiger charge is -2.05. The largest absolute Gasteiger partial charge is 0.497 e. The van der Waals surface area contributed by atoms with Crippen molar-refractivity contribution in [3.8, 4) is 11.5 Å². The van der Waals surface area contributed by atoms with Gasteiger partial charge in [-0.05, 0) is 35.4 Å². The summed E-state index contributed by atoms with van der Waals surface area (Å²) in [7, 11) is 3.28. The van der Waals surface area contributed by atoms with Crippen LogP contribution in [-0.2, 0) is 0 Å². The molecule has 0 saturated carbocycles. The van der Waals surface area contributed by atoms with Gasteiger partial charge in [0.2, 0.25) is 0 Å². The van der Waals surface area contributed by atoms with Crippen molar-refractivity contribution in [2.45, 2.75) is 0 Å². The van der Waals surface area contributed by atoms with Crippen molar-refractivity contribution in [2.75, 3.05) is 14.2 Å². The van der Waals surface area contributed by atoms with Crippen LogP contribution in [0.25, 0.3) is 12.2 Å². The van der Waals surface area contributed by atoms with E-state index in [-0.39, 0.29) is 0 Å². The number of hydrogen-bond donors (Lipinski definition) is 0. The van der Waals surface area contributed by atoms with Crippen LogP contribution >= 0.6 is 11.6 Å². The van der Waals surface area contributed by atoms with Gasteiger partial charge >= 0.3 is 0 Å². The van der Waals surface area contributed by atoms with Gasteiger partial charge in [-0.1, -0.05) is 35.9 Å². The molecule has 0 atom stereocenters. The fourth-order valence-corrected chi connectivity index (χ4v) is 1.82. The summed E-state index contributed by atoms with van der Waals surface area (Å²) in [5, 5.41) is 0.736. The maximum absolute atomic E-state index is 5.85. The van der Waals surface area contributed by atoms with Gasteiger partial charge in [-0.15, -0.1) is 0 Å². The highest BCUT2D eigenvalue weighted by Crippen LogP contribution is 2.24. The number of ether oxygens (including phenoxy) is 2. The number of halogens is 1. The van der Waals surface area contributed by atoms with E-state index in [0.29, 0.717) is 0 Å². The Morgan fingerprint density at radius 2 is 1.32 bits per heavy atom. The fraction of sp³-hybridized carbons (Fsp3) is 0.125. The summed E-state index contributed by atoms with van der Waals surface area (Å²) >= 11 is 5.85. The Labute approximate surface area is 118 Å². The monoisotopic (exact) mass is 274 g/mol. The molecule has 0 aliphatic rings. The SMILES string of the molecule is COc1cc(/C=C\c2ccc(Cl)cc2)cc(OC)c1. The van der Waals surface area contributed by atoms with Gasteiger partial charge in [-0.25, -0.2) is 0 Å². The third-order valence-electron chi connectivity index (χ3n) is 2.71. The van der Waals surface area contributed by atoms with Gasteiger partial charge in [0, 0.05) is 11.1 Å². The van der Waals surface area contributed by atoms with Crippen LogP contribution in [-0.4, -0.2) is 14.2 Å². The van der Waals surface area contributed by atoms with Crippen molar-refractivity contribution in [2.24, 2.45) is 0 Å². The van der Waals surface area contributed by atoms with Crippen molar-refractivity contribution in [1.29, 1.82) is 0 Å². The highest BCUT2D eigenvalue weighted by Gasteiger charge is 1.99. The highest BCUT2D eigenvalue weighted by atomic mass is 35.5. The molecule has 0 N–H and O–H groups in total. The molecule has 2 rings (SSSR count). The second-order valence-corrected chi connectivity index (χ2v) is 4.47. The molecule has 0 heterocycles. The van der Waals surface area contributed by atoms with E-state index in [1.807, 2.05) is 54.6 Å². The first-order valence-electron chi connectivity index (χ1n) is 5.88. The summed E-state index contributed by atoms with van der Waals surface area (Å²) < 4.78 is 10.5. The molecule has 0 unspecified atom stereocenters. The molecular weight excluding hydrogens is 260 g/mol. The van der Waals surface area contributed by atoms with E-state index in [2.05, 4.69) is 0 Å². The molecule has 0 radical (unpaired) electrons. The van der Waals surface area contributed by atoms with Crippen molar-refractivity contribution in [3.63, 3.8) is 0 Å². The zero-order chi connectivity index (χ0) is 13.7. The van der Waals surface area contributed by atoms with Crippen molar-refractivity contribution in [3.05, 3.63) is 58.6 Å². The normalized spacial score (nSPS) is 10.7. The molecule has 0 aromatic heterocycles. The van der Waals surface area contributed by atoms with Crippen molar-refractivity contribution in [1.82, 2.24) is 0 Å². The van der Waals surface area contributed by atoms with Gasteiger partial charge in [0.05, 0.1) is 14.2 Å². The first kappa shape index (κ1) is 13.5. The molecule has 19 heavy (non-hydrogen) atoms. The standard InChI is InChI=1S/C16H15ClO2/c1-18-15-9-13(10-16(11-15)19-2)4-3-12-5-7-14(17)8-6-12/h3-11H,1-2H3/b4-3-. The highest BCUT2D eigenvalue weighted by molar-refractivity contribution is 6.30. The van der Waals surface area contributed by atoms with E-state index >= 15 is 0 Å². The van der Waals surface area contributed by atoms with Crippen LogP contribution in [0.15, 0.2) is 42.5 Å². The minimum Gasteiger partial charge on any atom is -0.497 e. The maximum atomic E-state index is 5.85. The summed E-state index contributed by atoms with van der Waals surface area (Å²) in [5.74, 6) is 1.55. The molecule has 3 heteroatoms. The van der Waals surface area contributed by atoms with Crippen LogP contribution in [0.2, 0.25) is 5.02 Å². The summed E-state index contributed by atoms with van der Waals surface area (Å²) in [6, 6.07) is 13.4. The van der Waals surface area contributed by atoms with Crippen LogP contribution in [0.4, 0.5) is 0 Å². The topological polar surface area (TPSA) is 18.5 Å². The molecular formula is C16H15ClO2. The number of hydrogen-bond acceptors (Lipinski definition) is 2. The lowest BCUT2D eigenvalue weighted by molar-refractivity contribution is 0.394. The average molecular weight is 275 g/mol. The van der Waals surface area contributed by atoms with E-state index in [0.717, 1.165) is 27.6 Å². The molecule has 0 bridgehead atoms. The molecule has 0 spiro atoms. The predicted molar refractivity (Wildman–Crippen MR) is 79.9 cm³/mol. The van der Waals surface area contributed by atoms with E-state index in [9.17, 15) is 0 Å². The van der Waals surface area contributed by atoms with Crippen LogP contribution in [0.1, 0.15) is 11.1 Å². The molecule has 2 aromatic rings. The molecule has 0 aliphatic carbocycles. The Kier molecular flexibility index (Phi) is 4.48. The Morgan fingerprint density at radius 1 is 0.789 bits per heavy atom. The maximum Gasteiger partial charge on any atom is 0.123 e. The number of methoxy groups -OCH3 is 2. The van der Waals surface area contributed by atoms with E-state index in [4.69, 9.17) is 21.1 Å². The molecule has 2 nitrogen and oxygen atoms in total. The molecule has 0 fully saturated rings. The van der Waals surface area contributed by atoms with Crippen LogP contribution in [0, 0.1) is 0 Å². The summed E-state index contributed by atoms with van der Waals surface area (Å²) in [6.45, 7) is 0. The lowest BCUT2D eigenvalue weighted by Crippen LogP contribution is -1.88. The van der Waals surface area contributed by atoms with Gasteiger partial charge in [0.25, 0.3) is 0 Å². The van der Waals surface area contributed by atoms with E-state index in [1.54, 1.807) is 14.2 Å². The fourth-order valence-electron chi connectivity index (χ4n) is 1.69. The van der Waals surface area contributed by atoms with Gasteiger partial charge in [-0.3, -0.25) is 0 Å². The molecule has 2 aromatic carbocycles. The number of benzene rings is 2. The molecule has 0 aliphatic heterocycles. The minimum absolute atomic E-state index is 0.736. The molecule has 0 saturated heterocycles. The van der Waals surface area contributed by atoms with Crippen molar-refractivity contribution < 1.29 is 9.47 Å². The first-order chi connectivity index (χ1) is 9.21. The van der Waals surface area contributed by atoms with Crippen LogP contribution < -0.4 is 9.47 Å². The Morgan fingerprint density at radius 3 is 1.84 bits per heavy atom. The Balaban J connectivity index is 2.24. The smallest absolute Gasteiger partial charge is 0.123 e. The molecule has 98 valence electrons. The zero-order valence-corrected chi connectivity index (χ0v) is 11.6. The second kappa shape index (κ2) is 6.30. The summed E-state index contributed by atoms with van der Waals surface area (Å²) in [4.78, 5) is 0. The van der Waals surface area contributed by atoms with Gasteiger partial charge in [-0.2, -0.15) is 0 Å².